The molecule has 0 aromatic heterocycles. The van der Waals surface area contributed by atoms with Crippen molar-refractivity contribution in [1.29, 1.82) is 0 Å². The van der Waals surface area contributed by atoms with Gasteiger partial charge in [0.1, 0.15) is 0 Å². The molecule has 0 bridgehead atoms. The zero-order valence-electron chi connectivity index (χ0n) is 7.47. The van der Waals surface area contributed by atoms with Crippen molar-refractivity contribution in [3.63, 3.8) is 0 Å². The van der Waals surface area contributed by atoms with Crippen molar-refractivity contribution in [2.45, 2.75) is 26.3 Å². The highest BCUT2D eigenvalue weighted by Crippen LogP contribution is 2.02. The quantitative estimate of drug-likeness (QED) is 0.555. The van der Waals surface area contributed by atoms with Crippen molar-refractivity contribution >= 4 is 0 Å². The molecule has 0 spiro atoms. The monoisotopic (exact) mass is 161 g/mol. The van der Waals surface area contributed by atoms with E-state index >= 15 is 0 Å². The predicted molar refractivity (Wildman–Crippen MR) is 45.8 cm³/mol. The van der Waals surface area contributed by atoms with Gasteiger partial charge in [-0.25, -0.2) is 0 Å². The van der Waals surface area contributed by atoms with Gasteiger partial charge in [-0.2, -0.15) is 0 Å². The molecule has 0 atom stereocenters. The van der Waals surface area contributed by atoms with Crippen LogP contribution in [0.4, 0.5) is 0 Å². The van der Waals surface area contributed by atoms with E-state index in [1.54, 1.807) is 0 Å². The fourth-order valence-electron chi connectivity index (χ4n) is 1.28. The molecule has 0 saturated carbocycles. The summed E-state index contributed by atoms with van der Waals surface area (Å²) in [5.41, 5.74) is 0. The summed E-state index contributed by atoms with van der Waals surface area (Å²) in [6.45, 7) is 8.66. The Balaban J connectivity index is 0.000001000. The Kier molecular flexibility index (Phi) is 5.46. The van der Waals surface area contributed by atoms with Gasteiger partial charge < -0.3 is 10.2 Å². The molecule has 0 aromatic rings. The van der Waals surface area contributed by atoms with Crippen LogP contribution in [-0.2, 0) is 4.74 Å². The topological polar surface area (TPSA) is 44.0 Å². The molecule has 1 saturated heterocycles. The summed E-state index contributed by atoms with van der Waals surface area (Å²) in [6, 6.07) is 0.682. The van der Waals surface area contributed by atoms with Crippen molar-refractivity contribution in [2.75, 3.05) is 26.3 Å². The van der Waals surface area contributed by atoms with Crippen molar-refractivity contribution in [3.05, 3.63) is 0 Å². The Bertz CT molecular complexity index is 88.1. The molecule has 0 unspecified atom stereocenters. The first-order valence-electron chi connectivity index (χ1n) is 4.12. The molecule has 1 fully saturated rings. The minimum Gasteiger partial charge on any atom is -0.412 e. The molecule has 0 aromatic carbocycles. The third-order valence-corrected chi connectivity index (χ3v) is 1.99. The van der Waals surface area contributed by atoms with Crippen molar-refractivity contribution in [3.8, 4) is 0 Å². The van der Waals surface area contributed by atoms with Gasteiger partial charge in [0.25, 0.3) is 0 Å². The van der Waals surface area contributed by atoms with Gasteiger partial charge >= 0.3 is 0 Å². The highest BCUT2D eigenvalue weighted by atomic mass is 16.5. The van der Waals surface area contributed by atoms with Gasteiger partial charge in [-0.1, -0.05) is 0 Å². The molecule has 1 heterocycles. The first-order valence-corrected chi connectivity index (χ1v) is 4.12. The van der Waals surface area contributed by atoms with E-state index in [1.165, 1.54) is 13.0 Å². The number of ether oxygens (including phenoxy) is 1. The average molecular weight is 161 g/mol. The van der Waals surface area contributed by atoms with Crippen LogP contribution in [0.3, 0.4) is 0 Å². The van der Waals surface area contributed by atoms with Gasteiger partial charge in [-0.05, 0) is 20.3 Å². The molecular weight excluding hydrogens is 142 g/mol. The summed E-state index contributed by atoms with van der Waals surface area (Å²) >= 11 is 0. The van der Waals surface area contributed by atoms with Gasteiger partial charge in [-0.3, -0.25) is 4.90 Å². The van der Waals surface area contributed by atoms with Crippen LogP contribution < -0.4 is 0 Å². The summed E-state index contributed by atoms with van der Waals surface area (Å²) in [5, 5.41) is 0. The summed E-state index contributed by atoms with van der Waals surface area (Å²) in [6.07, 6.45) is 1.19. The maximum Gasteiger partial charge on any atom is 0.0593 e. The molecular formula is C8H19NO2. The normalized spacial score (nSPS) is 21.0. The van der Waals surface area contributed by atoms with Crippen LogP contribution in [0.2, 0.25) is 0 Å². The second kappa shape index (κ2) is 5.52. The molecule has 1 aliphatic heterocycles. The van der Waals surface area contributed by atoms with E-state index in [0.717, 1.165) is 19.8 Å². The lowest BCUT2D eigenvalue weighted by molar-refractivity contribution is 0.136. The maximum absolute atomic E-state index is 5.33. The van der Waals surface area contributed by atoms with E-state index < -0.39 is 0 Å². The SMILES string of the molecule is CC(C)N1CCCOCC1.O. The van der Waals surface area contributed by atoms with E-state index in [-0.39, 0.29) is 5.48 Å². The molecule has 3 nitrogen and oxygen atoms in total. The summed E-state index contributed by atoms with van der Waals surface area (Å²) < 4.78 is 5.33. The fourth-order valence-corrected chi connectivity index (χ4v) is 1.28. The minimum atomic E-state index is 0. The highest BCUT2D eigenvalue weighted by molar-refractivity contribution is 4.64. The molecule has 1 aliphatic rings. The van der Waals surface area contributed by atoms with Crippen LogP contribution in [0.15, 0.2) is 0 Å². The summed E-state index contributed by atoms with van der Waals surface area (Å²) in [4.78, 5) is 2.47. The Hall–Kier alpha value is -0.120. The van der Waals surface area contributed by atoms with Crippen molar-refractivity contribution in [2.24, 2.45) is 0 Å². The number of hydrogen-bond donors (Lipinski definition) is 0. The average Bonchev–Trinajstić information content (AvgIpc) is 2.12. The van der Waals surface area contributed by atoms with E-state index in [2.05, 4.69) is 18.7 Å². The Labute approximate surface area is 68.6 Å². The van der Waals surface area contributed by atoms with Crippen LogP contribution >= 0.6 is 0 Å². The van der Waals surface area contributed by atoms with Crippen LogP contribution in [0, 0.1) is 0 Å². The van der Waals surface area contributed by atoms with Crippen LogP contribution in [0.25, 0.3) is 0 Å². The van der Waals surface area contributed by atoms with Crippen LogP contribution in [0.1, 0.15) is 20.3 Å². The maximum atomic E-state index is 5.33. The lowest BCUT2D eigenvalue weighted by atomic mass is 10.3. The van der Waals surface area contributed by atoms with E-state index in [9.17, 15) is 0 Å². The van der Waals surface area contributed by atoms with Crippen LogP contribution in [0.5, 0.6) is 0 Å². The third kappa shape index (κ3) is 3.70. The standard InChI is InChI=1S/C8H17NO.H2O/c1-8(2)9-4-3-6-10-7-5-9;/h8H,3-7H2,1-2H3;1H2. The van der Waals surface area contributed by atoms with Crippen molar-refractivity contribution in [1.82, 2.24) is 4.90 Å². The Morgan fingerprint density at radius 3 is 2.55 bits per heavy atom. The first-order chi connectivity index (χ1) is 4.80. The van der Waals surface area contributed by atoms with E-state index in [0.29, 0.717) is 6.04 Å². The van der Waals surface area contributed by atoms with Crippen molar-refractivity contribution < 1.29 is 10.2 Å². The van der Waals surface area contributed by atoms with Crippen LogP contribution in [-0.4, -0.2) is 42.7 Å². The predicted octanol–water partition coefficient (Wildman–Crippen LogP) is 0.292. The number of hydrogen-bond acceptors (Lipinski definition) is 2. The molecule has 11 heavy (non-hydrogen) atoms. The van der Waals surface area contributed by atoms with Gasteiger partial charge in [0.15, 0.2) is 0 Å². The number of rotatable bonds is 1. The fraction of sp³-hybridized carbons (Fsp3) is 1.00. The van der Waals surface area contributed by atoms with Gasteiger partial charge in [0.2, 0.25) is 0 Å². The molecule has 0 radical (unpaired) electrons. The zero-order chi connectivity index (χ0) is 7.40. The summed E-state index contributed by atoms with van der Waals surface area (Å²) in [7, 11) is 0. The second-order valence-electron chi connectivity index (χ2n) is 3.10. The highest BCUT2D eigenvalue weighted by Gasteiger charge is 2.10. The minimum absolute atomic E-state index is 0. The lowest BCUT2D eigenvalue weighted by Gasteiger charge is -2.23. The largest absolute Gasteiger partial charge is 0.412 e. The molecule has 2 N–H and O–H groups in total. The van der Waals surface area contributed by atoms with Gasteiger partial charge in [0, 0.05) is 25.7 Å². The smallest absolute Gasteiger partial charge is 0.0593 e. The Morgan fingerprint density at radius 1 is 1.18 bits per heavy atom. The first kappa shape index (κ1) is 10.9. The molecule has 1 rings (SSSR count). The summed E-state index contributed by atoms with van der Waals surface area (Å²) in [5.74, 6) is 0. The molecule has 3 heteroatoms. The van der Waals surface area contributed by atoms with E-state index in [4.69, 9.17) is 4.74 Å². The Morgan fingerprint density at radius 2 is 1.91 bits per heavy atom. The number of nitrogens with zero attached hydrogens (tertiary/aromatic N) is 1. The lowest BCUT2D eigenvalue weighted by Crippen LogP contribution is -2.32. The zero-order valence-corrected chi connectivity index (χ0v) is 7.47. The molecule has 0 amide bonds. The third-order valence-electron chi connectivity index (χ3n) is 1.99. The molecule has 68 valence electrons. The van der Waals surface area contributed by atoms with E-state index in [1.807, 2.05) is 0 Å². The van der Waals surface area contributed by atoms with Gasteiger partial charge in [-0.15, -0.1) is 0 Å². The van der Waals surface area contributed by atoms with Gasteiger partial charge in [0.05, 0.1) is 6.61 Å². The second-order valence-corrected chi connectivity index (χ2v) is 3.10. The molecule has 0 aliphatic carbocycles.